The van der Waals surface area contributed by atoms with Crippen molar-refractivity contribution in [3.8, 4) is 0 Å². The Morgan fingerprint density at radius 3 is 2.20 bits per heavy atom. The Morgan fingerprint density at radius 2 is 2.20 bits per heavy atom. The van der Waals surface area contributed by atoms with Gasteiger partial charge in [0.05, 0.1) is 0 Å². The van der Waals surface area contributed by atoms with E-state index in [1.165, 1.54) is 0 Å². The Balaban J connectivity index is 2.83. The average molecular weight is 76.1 g/mol. The maximum Gasteiger partial charge on any atom is 0.248 e. The fraction of sp³-hybridized carbons (Fsp3) is 0. The second-order valence-corrected chi connectivity index (χ2v) is 0.485. The first kappa shape index (κ1) is 4.39. The molecule has 0 heterocycles. The molecule has 0 aromatic heterocycles. The SMILES string of the molecule is NN(O)C=O. The molecule has 0 aromatic carbocycles. The zero-order valence-electron chi connectivity index (χ0n) is 2.46. The minimum absolute atomic E-state index is 0.0556. The molecule has 0 atom stereocenters. The lowest BCUT2D eigenvalue weighted by Gasteiger charge is -1.90. The maximum absolute atomic E-state index is 9.06. The van der Waals surface area contributed by atoms with E-state index in [0.717, 1.165) is 0 Å². The number of hydroxylamine groups is 1. The van der Waals surface area contributed by atoms with Crippen molar-refractivity contribution < 1.29 is 10.0 Å². The Labute approximate surface area is 28.7 Å². The van der Waals surface area contributed by atoms with Crippen molar-refractivity contribution >= 4 is 6.41 Å². The van der Waals surface area contributed by atoms with Gasteiger partial charge < -0.3 is 0 Å². The van der Waals surface area contributed by atoms with Crippen molar-refractivity contribution in [1.82, 2.24) is 5.17 Å². The summed E-state index contributed by atoms with van der Waals surface area (Å²) in [7, 11) is 0. The van der Waals surface area contributed by atoms with Gasteiger partial charge >= 0.3 is 0 Å². The summed E-state index contributed by atoms with van der Waals surface area (Å²) in [6.07, 6.45) is 0.0833. The number of rotatable bonds is 1. The van der Waals surface area contributed by atoms with E-state index in [9.17, 15) is 0 Å². The van der Waals surface area contributed by atoms with Crippen molar-refractivity contribution in [1.29, 1.82) is 0 Å². The largest absolute Gasteiger partial charge is 0.275 e. The Morgan fingerprint density at radius 1 is 2.00 bits per heavy atom. The minimum atomic E-state index is -0.0556. The second kappa shape index (κ2) is 1.68. The number of hydrogen-bond acceptors (Lipinski definition) is 3. The highest BCUT2D eigenvalue weighted by atomic mass is 16.5. The van der Waals surface area contributed by atoms with Crippen LogP contribution in [0.5, 0.6) is 0 Å². The van der Waals surface area contributed by atoms with Gasteiger partial charge in [-0.2, -0.15) is 5.17 Å². The van der Waals surface area contributed by atoms with Crippen LogP contribution in [0.15, 0.2) is 0 Å². The fourth-order valence-electron chi connectivity index (χ4n) is 0. The molecule has 4 nitrogen and oxygen atoms in total. The highest BCUT2D eigenvalue weighted by Gasteiger charge is 1.70. The third kappa shape index (κ3) is 3.39. The first-order valence-corrected chi connectivity index (χ1v) is 0.952. The molecule has 30 valence electrons. The van der Waals surface area contributed by atoms with Gasteiger partial charge in [0, 0.05) is 0 Å². The zero-order valence-corrected chi connectivity index (χ0v) is 2.46. The van der Waals surface area contributed by atoms with Gasteiger partial charge in [0.25, 0.3) is 0 Å². The zero-order chi connectivity index (χ0) is 4.28. The summed E-state index contributed by atoms with van der Waals surface area (Å²) in [4.78, 5) is 9.06. The minimum Gasteiger partial charge on any atom is -0.275 e. The van der Waals surface area contributed by atoms with Crippen molar-refractivity contribution in [2.75, 3.05) is 0 Å². The quantitative estimate of drug-likeness (QED) is 0.134. The third-order valence-corrected chi connectivity index (χ3v) is 0.108. The normalized spacial score (nSPS) is 6.80. The lowest BCUT2D eigenvalue weighted by molar-refractivity contribution is -0.150. The van der Waals surface area contributed by atoms with Crippen LogP contribution in [-0.4, -0.2) is 16.8 Å². The summed E-state index contributed by atoms with van der Waals surface area (Å²) in [6, 6.07) is 0. The van der Waals surface area contributed by atoms with E-state index in [0.29, 0.717) is 0 Å². The Bertz CT molecular complexity index is 34.6. The Kier molecular flexibility index (Phi) is 1.48. The van der Waals surface area contributed by atoms with E-state index in [1.54, 1.807) is 0 Å². The number of amides is 1. The average Bonchev–Trinajstić information content (AvgIpc) is 1.38. The van der Waals surface area contributed by atoms with Crippen molar-refractivity contribution in [3.63, 3.8) is 0 Å². The summed E-state index contributed by atoms with van der Waals surface area (Å²) in [6.45, 7) is 0. The van der Waals surface area contributed by atoms with Gasteiger partial charge in [0.15, 0.2) is 0 Å². The van der Waals surface area contributed by atoms with Crippen LogP contribution in [-0.2, 0) is 4.79 Å². The van der Waals surface area contributed by atoms with Gasteiger partial charge in [0.1, 0.15) is 0 Å². The summed E-state index contributed by atoms with van der Waals surface area (Å²) < 4.78 is 0. The van der Waals surface area contributed by atoms with Crippen molar-refractivity contribution in [2.45, 2.75) is 0 Å². The van der Waals surface area contributed by atoms with Gasteiger partial charge in [-0.15, -0.1) is 0 Å². The molecule has 0 aliphatic heterocycles. The first-order valence-electron chi connectivity index (χ1n) is 0.952. The molecule has 0 saturated carbocycles. The highest BCUT2D eigenvalue weighted by molar-refractivity contribution is 5.43. The first-order chi connectivity index (χ1) is 2.27. The molecular formula is CH4N2O2. The van der Waals surface area contributed by atoms with Gasteiger partial charge in [-0.05, 0) is 0 Å². The molecule has 3 N–H and O–H groups in total. The number of nitrogens with two attached hydrogens (primary N) is 1. The van der Waals surface area contributed by atoms with E-state index in [-0.39, 0.29) is 11.6 Å². The van der Waals surface area contributed by atoms with E-state index in [2.05, 4.69) is 5.84 Å². The molecule has 0 rings (SSSR count). The van der Waals surface area contributed by atoms with E-state index in [4.69, 9.17) is 10.0 Å². The third-order valence-electron chi connectivity index (χ3n) is 0.108. The van der Waals surface area contributed by atoms with Crippen molar-refractivity contribution in [3.05, 3.63) is 0 Å². The summed E-state index contributed by atoms with van der Waals surface area (Å²) in [5.74, 6) is 4.31. The molecule has 5 heavy (non-hydrogen) atoms. The molecule has 0 aliphatic rings. The topological polar surface area (TPSA) is 66.6 Å². The summed E-state index contributed by atoms with van der Waals surface area (Å²) in [5.41, 5.74) is 0. The molecule has 0 radical (unpaired) electrons. The number of carbonyl (C=O) groups is 1. The molecule has 0 aromatic rings. The van der Waals surface area contributed by atoms with Crippen LogP contribution in [0.1, 0.15) is 0 Å². The van der Waals surface area contributed by atoms with Crippen LogP contribution >= 0.6 is 0 Å². The molecule has 0 aliphatic carbocycles. The van der Waals surface area contributed by atoms with Gasteiger partial charge in [-0.3, -0.25) is 10.0 Å². The van der Waals surface area contributed by atoms with Gasteiger partial charge in [-0.25, -0.2) is 5.84 Å². The smallest absolute Gasteiger partial charge is 0.248 e. The molecule has 4 heteroatoms. The second-order valence-electron chi connectivity index (χ2n) is 0.485. The maximum atomic E-state index is 9.06. The van der Waals surface area contributed by atoms with E-state index < -0.39 is 0 Å². The number of nitrogens with zero attached hydrogens (tertiary/aromatic N) is 1. The van der Waals surface area contributed by atoms with Gasteiger partial charge in [-0.1, -0.05) is 0 Å². The van der Waals surface area contributed by atoms with Crippen LogP contribution in [0.2, 0.25) is 0 Å². The standard InChI is InChI=1S/CH4N2O2/c2-3(5)1-4/h1,5H,2H2. The van der Waals surface area contributed by atoms with Crippen LogP contribution in [0.3, 0.4) is 0 Å². The monoisotopic (exact) mass is 76.0 g/mol. The molecule has 0 saturated heterocycles. The van der Waals surface area contributed by atoms with Gasteiger partial charge in [0.2, 0.25) is 6.41 Å². The number of hydrogen-bond donors (Lipinski definition) is 2. The molecule has 0 spiro atoms. The predicted octanol–water partition coefficient (Wildman–Crippen LogP) is -1.29. The molecule has 0 fully saturated rings. The molecule has 1 amide bonds. The highest BCUT2D eigenvalue weighted by Crippen LogP contribution is 1.41. The Hall–Kier alpha value is -0.610. The van der Waals surface area contributed by atoms with Crippen LogP contribution in [0.25, 0.3) is 0 Å². The summed E-state index contributed by atoms with van der Waals surface area (Å²) >= 11 is 0. The molecule has 0 bridgehead atoms. The predicted molar refractivity (Wildman–Crippen MR) is 13.9 cm³/mol. The van der Waals surface area contributed by atoms with Crippen LogP contribution in [0, 0.1) is 0 Å². The number of hydrazine groups is 1. The lowest BCUT2D eigenvalue weighted by atomic mass is 11.4. The summed E-state index contributed by atoms with van der Waals surface area (Å²) in [5, 5.41) is 7.55. The van der Waals surface area contributed by atoms with Crippen LogP contribution in [0.4, 0.5) is 0 Å². The number of carbonyl (C=O) groups excluding carboxylic acids is 1. The van der Waals surface area contributed by atoms with Crippen molar-refractivity contribution in [2.24, 2.45) is 5.84 Å². The van der Waals surface area contributed by atoms with Crippen LogP contribution < -0.4 is 5.84 Å². The lowest BCUT2D eigenvalue weighted by Crippen LogP contribution is -2.24. The van der Waals surface area contributed by atoms with E-state index in [1.807, 2.05) is 0 Å². The fourth-order valence-corrected chi connectivity index (χ4v) is 0. The molecule has 0 unspecified atom stereocenters. The molecular weight excluding hydrogens is 72.0 g/mol. The van der Waals surface area contributed by atoms with E-state index >= 15 is 0 Å².